The highest BCUT2D eigenvalue weighted by molar-refractivity contribution is 5.65. The van der Waals surface area contributed by atoms with E-state index in [0.29, 0.717) is 24.8 Å². The SMILES string of the molecule is CC(C)(CC1CCN(c2ccc(C(F)(F)F)cn2)CC1)NC(=O)O. The van der Waals surface area contributed by atoms with Crippen molar-refractivity contribution in [2.75, 3.05) is 18.0 Å². The van der Waals surface area contributed by atoms with Crippen molar-refractivity contribution in [1.29, 1.82) is 0 Å². The Morgan fingerprint density at radius 1 is 1.33 bits per heavy atom. The fourth-order valence-corrected chi connectivity index (χ4v) is 3.17. The lowest BCUT2D eigenvalue weighted by molar-refractivity contribution is -0.137. The van der Waals surface area contributed by atoms with Crippen LogP contribution in [-0.4, -0.2) is 34.8 Å². The summed E-state index contributed by atoms with van der Waals surface area (Å²) < 4.78 is 37.7. The number of carboxylic acid groups (broad SMARTS) is 1. The second kappa shape index (κ2) is 6.86. The number of amides is 1. The van der Waals surface area contributed by atoms with Gasteiger partial charge in [-0.3, -0.25) is 0 Å². The molecule has 0 aliphatic carbocycles. The monoisotopic (exact) mass is 345 g/mol. The van der Waals surface area contributed by atoms with Gasteiger partial charge in [-0.2, -0.15) is 13.2 Å². The normalized spacial score (nSPS) is 17.0. The predicted octanol–water partition coefficient (Wildman–Crippen LogP) is 3.75. The average molecular weight is 345 g/mol. The summed E-state index contributed by atoms with van der Waals surface area (Å²) in [6.45, 7) is 5.11. The minimum absolute atomic E-state index is 0.373. The zero-order valence-electron chi connectivity index (χ0n) is 13.7. The van der Waals surface area contributed by atoms with E-state index in [9.17, 15) is 18.0 Å². The van der Waals surface area contributed by atoms with Gasteiger partial charge in [0.1, 0.15) is 5.82 Å². The smallest absolute Gasteiger partial charge is 0.417 e. The molecule has 1 saturated heterocycles. The first-order chi connectivity index (χ1) is 11.1. The topological polar surface area (TPSA) is 65.5 Å². The zero-order chi connectivity index (χ0) is 18.0. The standard InChI is InChI=1S/C16H22F3N3O2/c1-15(2,21-14(23)24)9-11-5-7-22(8-6-11)13-4-3-12(10-20-13)16(17,18)19/h3-4,10-11,21H,5-9H2,1-2H3,(H,23,24). The molecule has 1 aliphatic heterocycles. The second-order valence-corrected chi connectivity index (χ2v) is 6.85. The Morgan fingerprint density at radius 3 is 2.42 bits per heavy atom. The highest BCUT2D eigenvalue weighted by Gasteiger charge is 2.31. The number of alkyl halides is 3. The maximum atomic E-state index is 12.6. The van der Waals surface area contributed by atoms with Gasteiger partial charge in [-0.1, -0.05) is 0 Å². The first-order valence-corrected chi connectivity index (χ1v) is 7.86. The van der Waals surface area contributed by atoms with Crippen LogP contribution in [0.15, 0.2) is 18.3 Å². The molecule has 2 rings (SSSR count). The number of hydrogen-bond acceptors (Lipinski definition) is 3. The van der Waals surface area contributed by atoms with E-state index in [4.69, 9.17) is 5.11 Å². The lowest BCUT2D eigenvalue weighted by Gasteiger charge is -2.36. The number of carbonyl (C=O) groups is 1. The molecule has 134 valence electrons. The number of piperidine rings is 1. The first-order valence-electron chi connectivity index (χ1n) is 7.86. The van der Waals surface area contributed by atoms with Crippen molar-refractivity contribution in [3.63, 3.8) is 0 Å². The highest BCUT2D eigenvalue weighted by atomic mass is 19.4. The Kier molecular flexibility index (Phi) is 5.25. The second-order valence-electron chi connectivity index (χ2n) is 6.85. The quantitative estimate of drug-likeness (QED) is 0.872. The summed E-state index contributed by atoms with van der Waals surface area (Å²) in [5.74, 6) is 0.918. The predicted molar refractivity (Wildman–Crippen MR) is 84.0 cm³/mol. The van der Waals surface area contributed by atoms with Crippen molar-refractivity contribution in [3.05, 3.63) is 23.9 Å². The van der Waals surface area contributed by atoms with Gasteiger partial charge < -0.3 is 15.3 Å². The van der Waals surface area contributed by atoms with Crippen LogP contribution in [0.25, 0.3) is 0 Å². The number of nitrogens with zero attached hydrogens (tertiary/aromatic N) is 2. The molecule has 1 aromatic heterocycles. The summed E-state index contributed by atoms with van der Waals surface area (Å²) >= 11 is 0. The molecule has 5 nitrogen and oxygen atoms in total. The van der Waals surface area contributed by atoms with Crippen LogP contribution in [0.4, 0.5) is 23.8 Å². The third-order valence-corrected chi connectivity index (χ3v) is 4.26. The molecule has 2 N–H and O–H groups in total. The van der Waals surface area contributed by atoms with E-state index < -0.39 is 23.4 Å². The number of pyridine rings is 1. The van der Waals surface area contributed by atoms with Gasteiger partial charge in [0.15, 0.2) is 0 Å². The van der Waals surface area contributed by atoms with Crippen LogP contribution in [-0.2, 0) is 6.18 Å². The van der Waals surface area contributed by atoms with Gasteiger partial charge in [0.05, 0.1) is 5.56 Å². The van der Waals surface area contributed by atoms with Crippen LogP contribution in [0, 0.1) is 5.92 Å². The summed E-state index contributed by atoms with van der Waals surface area (Å²) in [7, 11) is 0. The number of halogens is 3. The molecular formula is C16H22F3N3O2. The van der Waals surface area contributed by atoms with Crippen molar-refractivity contribution < 1.29 is 23.1 Å². The minimum atomic E-state index is -4.37. The third-order valence-electron chi connectivity index (χ3n) is 4.26. The molecular weight excluding hydrogens is 323 g/mol. The van der Waals surface area contributed by atoms with Gasteiger partial charge in [0, 0.05) is 24.8 Å². The molecule has 0 spiro atoms. The van der Waals surface area contributed by atoms with E-state index in [2.05, 4.69) is 10.3 Å². The number of rotatable bonds is 4. The minimum Gasteiger partial charge on any atom is -0.465 e. The summed E-state index contributed by atoms with van der Waals surface area (Å²) in [5.41, 5.74) is -1.24. The largest absolute Gasteiger partial charge is 0.465 e. The van der Waals surface area contributed by atoms with Crippen molar-refractivity contribution in [2.24, 2.45) is 5.92 Å². The Morgan fingerprint density at radius 2 is 1.96 bits per heavy atom. The Hall–Kier alpha value is -1.99. The molecule has 2 heterocycles. The van der Waals surface area contributed by atoms with Crippen LogP contribution < -0.4 is 10.2 Å². The molecule has 8 heteroatoms. The van der Waals surface area contributed by atoms with E-state index >= 15 is 0 Å². The fourth-order valence-electron chi connectivity index (χ4n) is 3.17. The molecule has 0 unspecified atom stereocenters. The fraction of sp³-hybridized carbons (Fsp3) is 0.625. The van der Waals surface area contributed by atoms with Gasteiger partial charge in [-0.05, 0) is 51.2 Å². The first kappa shape index (κ1) is 18.4. The summed E-state index contributed by atoms with van der Waals surface area (Å²) in [6, 6.07) is 2.45. The van der Waals surface area contributed by atoms with Crippen LogP contribution >= 0.6 is 0 Å². The summed E-state index contributed by atoms with van der Waals surface area (Å²) in [5, 5.41) is 11.4. The van der Waals surface area contributed by atoms with Gasteiger partial charge in [-0.25, -0.2) is 9.78 Å². The van der Waals surface area contributed by atoms with Crippen LogP contribution in [0.3, 0.4) is 0 Å². The lowest BCUT2D eigenvalue weighted by Crippen LogP contribution is -2.45. The Balaban J connectivity index is 1.90. The van der Waals surface area contributed by atoms with E-state index in [1.165, 1.54) is 6.07 Å². The molecule has 0 bridgehead atoms. The van der Waals surface area contributed by atoms with Crippen LogP contribution in [0.2, 0.25) is 0 Å². The number of nitrogens with one attached hydrogen (secondary N) is 1. The van der Waals surface area contributed by atoms with Gasteiger partial charge >= 0.3 is 12.3 Å². The summed E-state index contributed by atoms with van der Waals surface area (Å²) in [4.78, 5) is 16.7. The lowest BCUT2D eigenvalue weighted by atomic mass is 9.84. The maximum Gasteiger partial charge on any atom is 0.417 e. The van der Waals surface area contributed by atoms with Gasteiger partial charge in [-0.15, -0.1) is 0 Å². The Labute approximate surface area is 138 Å². The molecule has 0 atom stereocenters. The third kappa shape index (κ3) is 5.01. The molecule has 0 aromatic carbocycles. The molecule has 0 saturated carbocycles. The van der Waals surface area contributed by atoms with E-state index in [1.807, 2.05) is 18.7 Å². The molecule has 1 aliphatic rings. The van der Waals surface area contributed by atoms with Gasteiger partial charge in [0.25, 0.3) is 0 Å². The molecule has 24 heavy (non-hydrogen) atoms. The van der Waals surface area contributed by atoms with Crippen molar-refractivity contribution in [3.8, 4) is 0 Å². The zero-order valence-corrected chi connectivity index (χ0v) is 13.7. The van der Waals surface area contributed by atoms with Gasteiger partial charge in [0.2, 0.25) is 0 Å². The van der Waals surface area contributed by atoms with E-state index in [1.54, 1.807) is 0 Å². The average Bonchev–Trinajstić information content (AvgIpc) is 2.45. The Bertz CT molecular complexity index is 565. The highest BCUT2D eigenvalue weighted by Crippen LogP contribution is 2.31. The molecule has 1 aromatic rings. The van der Waals surface area contributed by atoms with E-state index in [-0.39, 0.29) is 0 Å². The van der Waals surface area contributed by atoms with Crippen LogP contribution in [0.5, 0.6) is 0 Å². The van der Waals surface area contributed by atoms with Crippen molar-refractivity contribution in [2.45, 2.75) is 44.8 Å². The maximum absolute atomic E-state index is 12.6. The number of aromatic nitrogens is 1. The van der Waals surface area contributed by atoms with Crippen molar-refractivity contribution in [1.82, 2.24) is 10.3 Å². The van der Waals surface area contributed by atoms with E-state index in [0.717, 1.165) is 31.5 Å². The number of hydrogen-bond donors (Lipinski definition) is 2. The summed E-state index contributed by atoms with van der Waals surface area (Å²) in [6.07, 6.45) is -2.11. The number of anilines is 1. The van der Waals surface area contributed by atoms with Crippen molar-refractivity contribution >= 4 is 11.9 Å². The molecule has 1 amide bonds. The molecule has 1 fully saturated rings. The molecule has 0 radical (unpaired) electrons. The van der Waals surface area contributed by atoms with Crippen LogP contribution in [0.1, 0.15) is 38.7 Å².